The zero-order valence-corrected chi connectivity index (χ0v) is 21.0. The molecule has 0 unspecified atom stereocenters. The molecule has 37 heavy (non-hydrogen) atoms. The molecular weight excluding hydrogens is 476 g/mol. The van der Waals surface area contributed by atoms with Crippen LogP contribution in [0.25, 0.3) is 0 Å². The maximum atomic E-state index is 13.5. The third kappa shape index (κ3) is 4.63. The number of hydrazone groups is 1. The average molecular weight is 507 g/mol. The van der Waals surface area contributed by atoms with Crippen LogP contribution in [0.1, 0.15) is 31.2 Å². The minimum absolute atomic E-state index is 0.0161. The lowest BCUT2D eigenvalue weighted by molar-refractivity contribution is -0.146. The summed E-state index contributed by atoms with van der Waals surface area (Å²) in [4.78, 5) is 52.5. The number of hydrogen-bond donors (Lipinski definition) is 0. The van der Waals surface area contributed by atoms with E-state index in [2.05, 4.69) is 12.2 Å². The van der Waals surface area contributed by atoms with Gasteiger partial charge in [0.2, 0.25) is 11.8 Å². The number of amides is 4. The lowest BCUT2D eigenvalue weighted by atomic mass is 9.76. The van der Waals surface area contributed by atoms with Crippen LogP contribution in [-0.2, 0) is 19.2 Å². The van der Waals surface area contributed by atoms with Gasteiger partial charge in [-0.05, 0) is 43.9 Å². The zero-order chi connectivity index (χ0) is 26.1. The van der Waals surface area contributed by atoms with E-state index in [4.69, 9.17) is 14.6 Å². The molecule has 10 heteroatoms. The highest BCUT2D eigenvalue weighted by molar-refractivity contribution is 6.14. The Kier molecular flexibility index (Phi) is 6.82. The van der Waals surface area contributed by atoms with Gasteiger partial charge in [0.25, 0.3) is 11.8 Å². The normalized spacial score (nSPS) is 23.9. The van der Waals surface area contributed by atoms with E-state index >= 15 is 0 Å². The topological polar surface area (TPSA) is 109 Å². The quantitative estimate of drug-likeness (QED) is 0.430. The van der Waals surface area contributed by atoms with Gasteiger partial charge in [-0.1, -0.05) is 12.2 Å². The number of allylic oxidation sites excluding steroid dienone is 2. The van der Waals surface area contributed by atoms with Crippen LogP contribution < -0.4 is 9.47 Å². The zero-order valence-electron chi connectivity index (χ0n) is 21.0. The Labute approximate surface area is 215 Å². The predicted octanol–water partition coefficient (Wildman–Crippen LogP) is 1.75. The molecule has 5 rings (SSSR count). The number of rotatable bonds is 6. The van der Waals surface area contributed by atoms with Crippen molar-refractivity contribution in [1.29, 1.82) is 0 Å². The van der Waals surface area contributed by atoms with Crippen LogP contribution >= 0.6 is 0 Å². The van der Waals surface area contributed by atoms with Crippen molar-refractivity contribution in [2.24, 2.45) is 16.9 Å². The summed E-state index contributed by atoms with van der Waals surface area (Å²) in [7, 11) is 3.18. The van der Waals surface area contributed by atoms with E-state index in [0.29, 0.717) is 43.9 Å². The lowest BCUT2D eigenvalue weighted by Crippen LogP contribution is -2.53. The second-order valence-corrected chi connectivity index (χ2v) is 9.60. The Bertz CT molecular complexity index is 1200. The first kappa shape index (κ1) is 24.7. The summed E-state index contributed by atoms with van der Waals surface area (Å²) in [5.41, 5.74) is 1.74. The van der Waals surface area contributed by atoms with E-state index in [0.717, 1.165) is 22.6 Å². The summed E-state index contributed by atoms with van der Waals surface area (Å²) in [5.74, 6) is -0.182. The number of likely N-dealkylation sites (tertiary alicyclic amines) is 1. The van der Waals surface area contributed by atoms with Gasteiger partial charge in [-0.25, -0.2) is 5.01 Å². The van der Waals surface area contributed by atoms with Crippen LogP contribution in [-0.4, -0.2) is 84.0 Å². The summed E-state index contributed by atoms with van der Waals surface area (Å²) in [5, 5.41) is 6.54. The SMILES string of the molecule is COc1ccc(C2=NN(C3CCN(C(=O)CN4C(=O)C=CC4=O)CC3)C(=O)[C@@H]3CC=CC[C@H]23)cc1OC. The van der Waals surface area contributed by atoms with Crippen molar-refractivity contribution < 1.29 is 28.7 Å². The van der Waals surface area contributed by atoms with E-state index in [-0.39, 0.29) is 36.2 Å². The monoisotopic (exact) mass is 506 g/mol. The number of carbonyl (C=O) groups is 4. The maximum absolute atomic E-state index is 13.5. The Hall–Kier alpha value is -3.95. The van der Waals surface area contributed by atoms with Crippen molar-refractivity contribution in [3.8, 4) is 11.5 Å². The van der Waals surface area contributed by atoms with E-state index in [1.54, 1.807) is 24.1 Å². The second-order valence-electron chi connectivity index (χ2n) is 9.60. The van der Waals surface area contributed by atoms with E-state index < -0.39 is 11.8 Å². The van der Waals surface area contributed by atoms with Crippen LogP contribution in [0.4, 0.5) is 0 Å². The van der Waals surface area contributed by atoms with Crippen LogP contribution in [0, 0.1) is 11.8 Å². The fourth-order valence-corrected chi connectivity index (χ4v) is 5.51. The highest BCUT2D eigenvalue weighted by Crippen LogP contribution is 2.38. The van der Waals surface area contributed by atoms with Crippen molar-refractivity contribution in [3.63, 3.8) is 0 Å². The molecule has 0 spiro atoms. The summed E-state index contributed by atoms with van der Waals surface area (Å²) < 4.78 is 10.9. The number of benzene rings is 1. The Morgan fingerprint density at radius 1 is 0.946 bits per heavy atom. The number of carbonyl (C=O) groups excluding carboxylic acids is 4. The molecule has 1 aromatic rings. The van der Waals surface area contributed by atoms with Gasteiger partial charge in [0.1, 0.15) is 6.54 Å². The van der Waals surface area contributed by atoms with Gasteiger partial charge >= 0.3 is 0 Å². The number of hydrogen-bond acceptors (Lipinski definition) is 7. The van der Waals surface area contributed by atoms with Gasteiger partial charge in [-0.15, -0.1) is 0 Å². The molecule has 1 aliphatic carbocycles. The molecule has 1 aromatic carbocycles. The number of imide groups is 1. The Morgan fingerprint density at radius 3 is 2.24 bits per heavy atom. The molecule has 4 aliphatic rings. The van der Waals surface area contributed by atoms with Gasteiger partial charge in [0.15, 0.2) is 11.5 Å². The predicted molar refractivity (Wildman–Crippen MR) is 134 cm³/mol. The van der Waals surface area contributed by atoms with E-state index in [9.17, 15) is 19.2 Å². The highest BCUT2D eigenvalue weighted by Gasteiger charge is 2.43. The van der Waals surface area contributed by atoms with Crippen molar-refractivity contribution >= 4 is 29.3 Å². The summed E-state index contributed by atoms with van der Waals surface area (Å²) >= 11 is 0. The molecule has 194 valence electrons. The maximum Gasteiger partial charge on any atom is 0.254 e. The van der Waals surface area contributed by atoms with E-state index in [1.807, 2.05) is 18.2 Å². The largest absolute Gasteiger partial charge is 0.493 e. The third-order valence-electron chi connectivity index (χ3n) is 7.58. The number of piperidine rings is 1. The first-order chi connectivity index (χ1) is 17.9. The number of fused-ring (bicyclic) bond motifs is 1. The summed E-state index contributed by atoms with van der Waals surface area (Å²) in [6.07, 6.45) is 9.04. The van der Waals surface area contributed by atoms with Crippen LogP contribution in [0.3, 0.4) is 0 Å². The number of nitrogens with zero attached hydrogens (tertiary/aromatic N) is 4. The number of ether oxygens (including phenoxy) is 2. The smallest absolute Gasteiger partial charge is 0.254 e. The fraction of sp³-hybridized carbons (Fsp3) is 0.444. The minimum Gasteiger partial charge on any atom is -0.493 e. The van der Waals surface area contributed by atoms with Crippen LogP contribution in [0.15, 0.2) is 47.6 Å². The molecule has 0 saturated carbocycles. The molecule has 1 fully saturated rings. The van der Waals surface area contributed by atoms with Gasteiger partial charge in [0, 0.05) is 36.7 Å². The summed E-state index contributed by atoms with van der Waals surface area (Å²) in [6.45, 7) is 0.577. The molecule has 0 N–H and O–H groups in total. The molecule has 1 saturated heterocycles. The van der Waals surface area contributed by atoms with E-state index in [1.165, 1.54) is 12.2 Å². The van der Waals surface area contributed by atoms with Crippen molar-refractivity contribution in [2.45, 2.75) is 31.7 Å². The van der Waals surface area contributed by atoms with Crippen molar-refractivity contribution in [3.05, 3.63) is 48.1 Å². The molecule has 2 atom stereocenters. The standard InChI is InChI=1S/C27H30N4O6/c1-36-21-8-7-17(15-22(21)37-2)26-19-5-3-4-6-20(19)27(35)31(28-26)18-11-13-29(14-12-18)25(34)16-30-23(32)9-10-24(30)33/h3-4,7-10,15,18-20H,5-6,11-14,16H2,1-2H3/t19-,20+/m0/s1. The van der Waals surface area contributed by atoms with Crippen molar-refractivity contribution in [2.75, 3.05) is 33.9 Å². The molecular formula is C27H30N4O6. The minimum atomic E-state index is -0.472. The molecule has 0 radical (unpaired) electrons. The fourth-order valence-electron chi connectivity index (χ4n) is 5.51. The van der Waals surface area contributed by atoms with Gasteiger partial charge in [-0.3, -0.25) is 24.1 Å². The molecule has 4 amide bonds. The van der Waals surface area contributed by atoms with Gasteiger partial charge in [-0.2, -0.15) is 5.10 Å². The van der Waals surface area contributed by atoms with Crippen molar-refractivity contribution in [1.82, 2.24) is 14.8 Å². The summed E-state index contributed by atoms with van der Waals surface area (Å²) in [6, 6.07) is 5.55. The third-order valence-corrected chi connectivity index (χ3v) is 7.58. The molecule has 3 heterocycles. The lowest BCUT2D eigenvalue weighted by Gasteiger charge is -2.42. The first-order valence-corrected chi connectivity index (χ1v) is 12.5. The van der Waals surface area contributed by atoms with Crippen LogP contribution in [0.5, 0.6) is 11.5 Å². The van der Waals surface area contributed by atoms with Gasteiger partial charge < -0.3 is 14.4 Å². The second kappa shape index (κ2) is 10.2. The molecule has 0 aromatic heterocycles. The molecule has 3 aliphatic heterocycles. The van der Waals surface area contributed by atoms with Gasteiger partial charge in [0.05, 0.1) is 31.9 Å². The Balaban J connectivity index is 1.34. The van der Waals surface area contributed by atoms with Crippen LogP contribution in [0.2, 0.25) is 0 Å². The average Bonchev–Trinajstić information content (AvgIpc) is 3.25. The molecule has 10 nitrogen and oxygen atoms in total. The number of methoxy groups -OCH3 is 2. The molecule has 0 bridgehead atoms. The highest BCUT2D eigenvalue weighted by atomic mass is 16.5. The first-order valence-electron chi connectivity index (χ1n) is 12.5. The Morgan fingerprint density at radius 2 is 1.59 bits per heavy atom.